The predicted molar refractivity (Wildman–Crippen MR) is 116 cm³/mol. The maximum Gasteiger partial charge on any atom is 0.355 e. The minimum atomic E-state index is -0.833. The zero-order valence-corrected chi connectivity index (χ0v) is 18.6. The molecule has 0 saturated carbocycles. The van der Waals surface area contributed by atoms with Crippen LogP contribution in [0.15, 0.2) is 35.4 Å². The van der Waals surface area contributed by atoms with Crippen molar-refractivity contribution in [1.82, 2.24) is 15.6 Å². The average Bonchev–Trinajstić information content (AvgIpc) is 2.77. The van der Waals surface area contributed by atoms with Crippen LogP contribution >= 0.6 is 11.6 Å². The first-order valence-electron chi connectivity index (χ1n) is 9.75. The molecule has 1 aromatic heterocycles. The van der Waals surface area contributed by atoms with Crippen molar-refractivity contribution in [2.45, 2.75) is 27.2 Å². The number of ether oxygens (including phenoxy) is 3. The second-order valence-corrected chi connectivity index (χ2v) is 6.71. The molecule has 2 aromatic rings. The third kappa shape index (κ3) is 7.62. The first kappa shape index (κ1) is 24.7. The standard InChI is InChI=1S/C21H23ClN4O6/c1-4-30-20(28)11-17(21(29)31-5-2)24-25-18(27)12-32-19-9-8-16(23-26-19)14-6-7-15(22)13(3)10-14/h6-10H,4-5,11-12H2,1-3H3,(H,25,27)/b24-17+. The molecular weight excluding hydrogens is 440 g/mol. The van der Waals surface area contributed by atoms with Crippen LogP contribution in [0.2, 0.25) is 5.02 Å². The van der Waals surface area contributed by atoms with Gasteiger partial charge in [0.15, 0.2) is 12.3 Å². The van der Waals surface area contributed by atoms with E-state index in [0.29, 0.717) is 10.7 Å². The van der Waals surface area contributed by atoms with Gasteiger partial charge in [0, 0.05) is 16.7 Å². The third-order valence-corrected chi connectivity index (χ3v) is 4.31. The number of rotatable bonds is 10. The highest BCUT2D eigenvalue weighted by molar-refractivity contribution is 6.39. The number of nitrogens with one attached hydrogen (secondary N) is 1. The molecule has 32 heavy (non-hydrogen) atoms. The molecule has 2 rings (SSSR count). The van der Waals surface area contributed by atoms with Gasteiger partial charge in [-0.15, -0.1) is 10.2 Å². The fraction of sp³-hybridized carbons (Fsp3) is 0.333. The number of hydrogen-bond acceptors (Lipinski definition) is 9. The van der Waals surface area contributed by atoms with E-state index < -0.39 is 30.9 Å². The van der Waals surface area contributed by atoms with Crippen molar-refractivity contribution >= 4 is 35.2 Å². The Bertz CT molecular complexity index is 994. The van der Waals surface area contributed by atoms with Crippen molar-refractivity contribution in [3.8, 4) is 17.1 Å². The van der Waals surface area contributed by atoms with Gasteiger partial charge in [-0.05, 0) is 44.5 Å². The normalized spacial score (nSPS) is 10.9. The smallest absolute Gasteiger partial charge is 0.355 e. The van der Waals surface area contributed by atoms with Gasteiger partial charge >= 0.3 is 11.9 Å². The van der Waals surface area contributed by atoms with E-state index in [0.717, 1.165) is 11.1 Å². The summed E-state index contributed by atoms with van der Waals surface area (Å²) in [6.45, 7) is 4.91. The van der Waals surface area contributed by atoms with Gasteiger partial charge in [0.1, 0.15) is 0 Å². The van der Waals surface area contributed by atoms with Gasteiger partial charge in [-0.3, -0.25) is 9.59 Å². The largest absolute Gasteiger partial charge is 0.466 e. The predicted octanol–water partition coefficient (Wildman–Crippen LogP) is 2.47. The van der Waals surface area contributed by atoms with E-state index in [1.54, 1.807) is 32.0 Å². The van der Waals surface area contributed by atoms with Gasteiger partial charge in [0.05, 0.1) is 25.3 Å². The molecule has 0 unspecified atom stereocenters. The molecule has 0 atom stereocenters. The highest BCUT2D eigenvalue weighted by Gasteiger charge is 2.19. The fourth-order valence-electron chi connectivity index (χ4n) is 2.38. The lowest BCUT2D eigenvalue weighted by molar-refractivity contribution is -0.143. The van der Waals surface area contributed by atoms with Gasteiger partial charge in [-0.1, -0.05) is 17.7 Å². The lowest BCUT2D eigenvalue weighted by Crippen LogP contribution is -2.30. The summed E-state index contributed by atoms with van der Waals surface area (Å²) in [7, 11) is 0. The molecule has 0 spiro atoms. The van der Waals surface area contributed by atoms with Gasteiger partial charge in [0.25, 0.3) is 5.91 Å². The highest BCUT2D eigenvalue weighted by Crippen LogP contribution is 2.23. The van der Waals surface area contributed by atoms with E-state index >= 15 is 0 Å². The fourth-order valence-corrected chi connectivity index (χ4v) is 2.49. The summed E-state index contributed by atoms with van der Waals surface area (Å²) in [6, 6.07) is 8.74. The summed E-state index contributed by atoms with van der Waals surface area (Å²) in [4.78, 5) is 35.5. The minimum absolute atomic E-state index is 0.0853. The zero-order valence-electron chi connectivity index (χ0n) is 17.9. The molecule has 0 aliphatic heterocycles. The zero-order chi connectivity index (χ0) is 23.5. The topological polar surface area (TPSA) is 129 Å². The van der Waals surface area contributed by atoms with Crippen LogP contribution in [0.3, 0.4) is 0 Å². The second kappa shape index (κ2) is 12.4. The summed E-state index contributed by atoms with van der Waals surface area (Å²) >= 11 is 6.03. The Labute approximate surface area is 189 Å². The third-order valence-electron chi connectivity index (χ3n) is 3.89. The Hall–Kier alpha value is -3.53. The quantitative estimate of drug-likeness (QED) is 0.324. The van der Waals surface area contributed by atoms with E-state index in [2.05, 4.69) is 20.7 Å². The molecule has 1 amide bonds. The number of nitrogens with zero attached hydrogens (tertiary/aromatic N) is 3. The summed E-state index contributed by atoms with van der Waals surface area (Å²) < 4.78 is 14.9. The van der Waals surface area contributed by atoms with E-state index in [9.17, 15) is 14.4 Å². The number of esters is 2. The molecule has 0 radical (unpaired) electrons. The van der Waals surface area contributed by atoms with Crippen molar-refractivity contribution in [3.05, 3.63) is 40.9 Å². The first-order chi connectivity index (χ1) is 15.3. The van der Waals surface area contributed by atoms with Crippen LogP contribution in [0.25, 0.3) is 11.3 Å². The van der Waals surface area contributed by atoms with Crippen molar-refractivity contribution in [1.29, 1.82) is 0 Å². The monoisotopic (exact) mass is 462 g/mol. The van der Waals surface area contributed by atoms with Crippen LogP contribution < -0.4 is 10.2 Å². The van der Waals surface area contributed by atoms with Crippen LogP contribution in [0.1, 0.15) is 25.8 Å². The summed E-state index contributed by atoms with van der Waals surface area (Å²) in [6.07, 6.45) is -0.440. The summed E-state index contributed by atoms with van der Waals surface area (Å²) in [5.41, 5.74) is 4.22. The number of halogens is 1. The number of hydrogen-bond donors (Lipinski definition) is 1. The lowest BCUT2D eigenvalue weighted by Gasteiger charge is -2.07. The molecule has 1 N–H and O–H groups in total. The van der Waals surface area contributed by atoms with E-state index in [4.69, 9.17) is 25.8 Å². The van der Waals surface area contributed by atoms with E-state index in [1.807, 2.05) is 19.1 Å². The van der Waals surface area contributed by atoms with Gasteiger partial charge in [0.2, 0.25) is 5.88 Å². The maximum absolute atomic E-state index is 12.0. The number of aromatic nitrogens is 2. The molecule has 0 fully saturated rings. The van der Waals surface area contributed by atoms with Crippen molar-refractivity contribution in [2.24, 2.45) is 5.10 Å². The number of benzene rings is 1. The molecule has 10 nitrogen and oxygen atoms in total. The number of hydrazone groups is 1. The number of carbonyl (C=O) groups excluding carboxylic acids is 3. The SMILES string of the molecule is CCOC(=O)C/C(=N\NC(=O)COc1ccc(-c2ccc(Cl)c(C)c2)nn1)C(=O)OCC. The van der Waals surface area contributed by atoms with E-state index in [-0.39, 0.29) is 24.8 Å². The van der Waals surface area contributed by atoms with Crippen LogP contribution in [-0.4, -0.2) is 53.6 Å². The van der Waals surface area contributed by atoms with Crippen LogP contribution in [0.4, 0.5) is 0 Å². The summed E-state index contributed by atoms with van der Waals surface area (Å²) in [5, 5.41) is 12.3. The molecule has 0 bridgehead atoms. The molecule has 0 aliphatic rings. The van der Waals surface area contributed by atoms with Crippen LogP contribution in [0.5, 0.6) is 5.88 Å². The molecule has 170 valence electrons. The molecule has 1 heterocycles. The Morgan fingerprint density at radius 3 is 2.44 bits per heavy atom. The first-order valence-corrected chi connectivity index (χ1v) is 10.1. The van der Waals surface area contributed by atoms with Crippen molar-refractivity contribution in [2.75, 3.05) is 19.8 Å². The molecule has 1 aromatic carbocycles. The highest BCUT2D eigenvalue weighted by atomic mass is 35.5. The average molecular weight is 463 g/mol. The molecule has 0 aliphatic carbocycles. The Morgan fingerprint density at radius 2 is 1.81 bits per heavy atom. The molecular formula is C21H23ClN4O6. The Balaban J connectivity index is 1.94. The number of amides is 1. The van der Waals surface area contributed by atoms with Gasteiger partial charge < -0.3 is 14.2 Å². The maximum atomic E-state index is 12.0. The van der Waals surface area contributed by atoms with Crippen molar-refractivity contribution in [3.63, 3.8) is 0 Å². The number of aryl methyl sites for hydroxylation is 1. The second-order valence-electron chi connectivity index (χ2n) is 6.31. The van der Waals surface area contributed by atoms with Crippen LogP contribution in [0, 0.1) is 6.92 Å². The lowest BCUT2D eigenvalue weighted by atomic mass is 10.1. The van der Waals surface area contributed by atoms with Gasteiger partial charge in [-0.25, -0.2) is 10.2 Å². The molecule has 11 heteroatoms. The van der Waals surface area contributed by atoms with Crippen molar-refractivity contribution < 1.29 is 28.6 Å². The molecule has 0 saturated heterocycles. The van der Waals surface area contributed by atoms with E-state index in [1.165, 1.54) is 0 Å². The van der Waals surface area contributed by atoms with Crippen LogP contribution in [-0.2, 0) is 23.9 Å². The summed E-state index contributed by atoms with van der Waals surface area (Å²) in [5.74, 6) is -2.05. The number of carbonyl (C=O) groups is 3. The minimum Gasteiger partial charge on any atom is -0.466 e. The van der Waals surface area contributed by atoms with Gasteiger partial charge in [-0.2, -0.15) is 5.10 Å². The Morgan fingerprint density at radius 1 is 1.06 bits per heavy atom. The Kier molecular flexibility index (Phi) is 9.55.